The number of benzene rings is 1. The van der Waals surface area contributed by atoms with Crippen LogP contribution in [0.25, 0.3) is 0 Å². The van der Waals surface area contributed by atoms with Crippen molar-refractivity contribution in [2.24, 2.45) is 10.6 Å². The minimum absolute atomic E-state index is 0.103. The Bertz CT molecular complexity index is 555. The molecule has 0 N–H and O–H groups in total. The van der Waals surface area contributed by atoms with E-state index in [2.05, 4.69) is 88.4 Å². The van der Waals surface area contributed by atoms with Crippen molar-refractivity contribution in [1.82, 2.24) is 0 Å². The molecule has 3 heteroatoms. The maximum absolute atomic E-state index is 5.58. The molecule has 120 valence electrons. The average Bonchev–Trinajstić information content (AvgIpc) is 2.94. The number of hydrogen-bond acceptors (Lipinski definition) is 2. The van der Waals surface area contributed by atoms with E-state index in [0.29, 0.717) is 5.54 Å². The van der Waals surface area contributed by atoms with Crippen molar-refractivity contribution < 1.29 is 4.84 Å². The van der Waals surface area contributed by atoms with Crippen molar-refractivity contribution in [3.8, 4) is 0 Å². The highest BCUT2D eigenvalue weighted by Crippen LogP contribution is 2.28. The molecule has 0 fully saturated rings. The van der Waals surface area contributed by atoms with E-state index in [9.17, 15) is 0 Å². The van der Waals surface area contributed by atoms with Crippen molar-refractivity contribution >= 4 is 19.0 Å². The summed E-state index contributed by atoms with van der Waals surface area (Å²) in [4.78, 5) is 5.58. The first-order valence-electron chi connectivity index (χ1n) is 8.18. The van der Waals surface area contributed by atoms with E-state index in [-0.39, 0.29) is 11.5 Å². The van der Waals surface area contributed by atoms with Crippen LogP contribution in [0.2, 0.25) is 18.6 Å². The lowest BCUT2D eigenvalue weighted by Gasteiger charge is -2.28. The molecule has 1 aromatic rings. The molecular formula is C19H29NOSi. The Morgan fingerprint density at radius 1 is 1.23 bits per heavy atom. The lowest BCUT2D eigenvalue weighted by Crippen LogP contribution is -2.44. The van der Waals surface area contributed by atoms with Gasteiger partial charge in [0.25, 0.3) is 0 Å². The summed E-state index contributed by atoms with van der Waals surface area (Å²) < 4.78 is 0. The fourth-order valence-electron chi connectivity index (χ4n) is 2.60. The normalized spacial score (nSPS) is 20.8. The van der Waals surface area contributed by atoms with Crippen molar-refractivity contribution in [3.05, 3.63) is 42.5 Å². The molecule has 2 nitrogen and oxygen atoms in total. The number of nitrogens with zero attached hydrogens (tertiary/aromatic N) is 1. The summed E-state index contributed by atoms with van der Waals surface area (Å²) in [5.41, 5.74) is 1.83. The molecular weight excluding hydrogens is 286 g/mol. The van der Waals surface area contributed by atoms with Crippen LogP contribution in [-0.2, 0) is 4.84 Å². The molecule has 1 aliphatic rings. The molecule has 0 aliphatic carbocycles. The van der Waals surface area contributed by atoms with Gasteiger partial charge < -0.3 is 4.84 Å². The van der Waals surface area contributed by atoms with Gasteiger partial charge in [-0.15, -0.1) is 0 Å². The molecule has 0 bridgehead atoms. The molecule has 0 saturated carbocycles. The minimum Gasteiger partial charge on any atom is -0.388 e. The number of oxime groups is 1. The van der Waals surface area contributed by atoms with Gasteiger partial charge in [0.15, 0.2) is 6.10 Å². The van der Waals surface area contributed by atoms with Crippen LogP contribution in [0, 0.1) is 5.41 Å². The monoisotopic (exact) mass is 315 g/mol. The van der Waals surface area contributed by atoms with Crippen LogP contribution in [-0.4, -0.2) is 19.9 Å². The minimum atomic E-state index is -1.49. The van der Waals surface area contributed by atoms with Crippen LogP contribution in [0.1, 0.15) is 34.1 Å². The van der Waals surface area contributed by atoms with Gasteiger partial charge in [-0.25, -0.2) is 0 Å². The summed E-state index contributed by atoms with van der Waals surface area (Å²) in [5, 5.41) is 5.77. The second-order valence-corrected chi connectivity index (χ2v) is 12.8. The van der Waals surface area contributed by atoms with Gasteiger partial charge in [0.1, 0.15) is 0 Å². The summed E-state index contributed by atoms with van der Waals surface area (Å²) in [6, 6.07) is 10.9. The smallest absolute Gasteiger partial charge is 0.151 e. The van der Waals surface area contributed by atoms with Crippen LogP contribution in [0.3, 0.4) is 0 Å². The van der Waals surface area contributed by atoms with Crippen LogP contribution in [0.5, 0.6) is 0 Å². The third-order valence-corrected chi connectivity index (χ3v) is 9.12. The Morgan fingerprint density at radius 2 is 1.86 bits per heavy atom. The van der Waals surface area contributed by atoms with Gasteiger partial charge in [0.05, 0.1) is 13.8 Å². The third-order valence-electron chi connectivity index (χ3n) is 4.83. The van der Waals surface area contributed by atoms with Crippen LogP contribution in [0.15, 0.2) is 47.6 Å². The summed E-state index contributed by atoms with van der Waals surface area (Å²) in [6.45, 7) is 13.8. The van der Waals surface area contributed by atoms with Gasteiger partial charge in [-0.2, -0.15) is 0 Å². The molecule has 2 rings (SSSR count). The molecule has 0 unspecified atom stereocenters. The SMILES string of the molecule is C[C@H](/C=C\[C@H]1CC(C(C)(C)C)=NO1)[Si](C)(C)c1ccccc1. The van der Waals surface area contributed by atoms with Crippen molar-refractivity contribution in [2.45, 2.75) is 58.9 Å². The zero-order valence-electron chi connectivity index (χ0n) is 14.8. The average molecular weight is 316 g/mol. The van der Waals surface area contributed by atoms with Gasteiger partial charge in [0, 0.05) is 11.8 Å². The fourth-order valence-corrected chi connectivity index (χ4v) is 4.77. The predicted molar refractivity (Wildman–Crippen MR) is 98.5 cm³/mol. The van der Waals surface area contributed by atoms with Gasteiger partial charge in [-0.1, -0.05) is 87.5 Å². The zero-order valence-corrected chi connectivity index (χ0v) is 15.8. The van der Waals surface area contributed by atoms with Crippen molar-refractivity contribution in [1.29, 1.82) is 0 Å². The molecule has 0 amide bonds. The molecule has 1 aliphatic heterocycles. The van der Waals surface area contributed by atoms with E-state index >= 15 is 0 Å². The second kappa shape index (κ2) is 6.41. The molecule has 0 aromatic heterocycles. The molecule has 1 heterocycles. The molecule has 2 atom stereocenters. The molecule has 0 spiro atoms. The molecule has 0 saturated heterocycles. The Hall–Kier alpha value is -1.35. The first kappa shape index (κ1) is 17.0. The summed E-state index contributed by atoms with van der Waals surface area (Å²) in [5.74, 6) is 0. The van der Waals surface area contributed by atoms with E-state index in [1.807, 2.05) is 0 Å². The van der Waals surface area contributed by atoms with E-state index in [0.717, 1.165) is 12.1 Å². The number of allylic oxidation sites excluding steroid dienone is 1. The Morgan fingerprint density at radius 3 is 2.41 bits per heavy atom. The Labute approximate surface area is 136 Å². The lowest BCUT2D eigenvalue weighted by atomic mass is 9.87. The largest absolute Gasteiger partial charge is 0.388 e. The molecule has 22 heavy (non-hydrogen) atoms. The van der Waals surface area contributed by atoms with Crippen molar-refractivity contribution in [3.63, 3.8) is 0 Å². The van der Waals surface area contributed by atoms with Gasteiger partial charge in [0.2, 0.25) is 0 Å². The van der Waals surface area contributed by atoms with Gasteiger partial charge >= 0.3 is 0 Å². The highest BCUT2D eigenvalue weighted by molar-refractivity contribution is 6.91. The number of rotatable bonds is 4. The highest BCUT2D eigenvalue weighted by atomic mass is 28.3. The second-order valence-electron chi connectivity index (χ2n) is 7.90. The Kier molecular flexibility index (Phi) is 4.96. The zero-order chi connectivity index (χ0) is 16.4. The fraction of sp³-hybridized carbons (Fsp3) is 0.526. The van der Waals surface area contributed by atoms with Crippen LogP contribution < -0.4 is 5.19 Å². The van der Waals surface area contributed by atoms with Gasteiger partial charge in [-0.3, -0.25) is 0 Å². The van der Waals surface area contributed by atoms with Gasteiger partial charge in [-0.05, 0) is 11.6 Å². The quantitative estimate of drug-likeness (QED) is 0.581. The summed E-state index contributed by atoms with van der Waals surface area (Å²) in [7, 11) is -1.49. The van der Waals surface area contributed by atoms with E-state index in [4.69, 9.17) is 4.84 Å². The predicted octanol–water partition coefficient (Wildman–Crippen LogP) is 4.74. The summed E-state index contributed by atoms with van der Waals surface area (Å²) >= 11 is 0. The first-order valence-corrected chi connectivity index (χ1v) is 11.3. The van der Waals surface area contributed by atoms with Crippen LogP contribution in [0.4, 0.5) is 0 Å². The topological polar surface area (TPSA) is 21.6 Å². The maximum atomic E-state index is 5.58. The van der Waals surface area contributed by atoms with Crippen LogP contribution >= 0.6 is 0 Å². The highest BCUT2D eigenvalue weighted by Gasteiger charge is 2.30. The van der Waals surface area contributed by atoms with E-state index < -0.39 is 8.07 Å². The maximum Gasteiger partial charge on any atom is 0.151 e. The van der Waals surface area contributed by atoms with Crippen molar-refractivity contribution in [2.75, 3.05) is 0 Å². The van der Waals surface area contributed by atoms with E-state index in [1.165, 1.54) is 5.19 Å². The standard InChI is InChI=1S/C19H29NOSi/c1-15(22(5,6)17-10-8-7-9-11-17)12-13-16-14-18(20-21-16)19(2,3)4/h7-13,15-16H,14H2,1-6H3/b13-12-/t15-,16+/m1/s1. The Balaban J connectivity index is 2.00. The number of hydrogen-bond donors (Lipinski definition) is 0. The molecule has 1 aromatic carbocycles. The lowest BCUT2D eigenvalue weighted by molar-refractivity contribution is 0.119. The third kappa shape index (κ3) is 3.89. The summed E-state index contributed by atoms with van der Waals surface area (Å²) in [6.07, 6.45) is 5.58. The molecule has 0 radical (unpaired) electrons. The first-order chi connectivity index (χ1) is 10.2. The van der Waals surface area contributed by atoms with E-state index in [1.54, 1.807) is 0 Å².